The van der Waals surface area contributed by atoms with Crippen molar-refractivity contribution < 1.29 is 0 Å². The lowest BCUT2D eigenvalue weighted by atomic mass is 9.88. The van der Waals surface area contributed by atoms with Gasteiger partial charge in [-0.05, 0) is 87.7 Å². The van der Waals surface area contributed by atoms with E-state index in [1.165, 1.54) is 61.6 Å². The molecule has 3 aliphatic rings. The first-order valence-electron chi connectivity index (χ1n) is 18.8. The molecule has 3 aromatic heterocycles. The first-order chi connectivity index (χ1) is 25.4. The summed E-state index contributed by atoms with van der Waals surface area (Å²) in [6, 6.07) is 18.9. The summed E-state index contributed by atoms with van der Waals surface area (Å²) in [7, 11) is 0. The van der Waals surface area contributed by atoms with Gasteiger partial charge in [-0.2, -0.15) is 0 Å². The van der Waals surface area contributed by atoms with E-state index in [0.29, 0.717) is 29.6 Å². The second kappa shape index (κ2) is 15.3. The number of piperidine rings is 2. The third kappa shape index (κ3) is 7.67. The Labute approximate surface area is 309 Å². The Balaban J connectivity index is 0.771. The van der Waals surface area contributed by atoms with Crippen molar-refractivity contribution in [1.82, 2.24) is 34.3 Å². The number of benzene rings is 2. The number of rotatable bonds is 10. The van der Waals surface area contributed by atoms with Crippen LogP contribution in [0.4, 0.5) is 11.6 Å². The Hall–Kier alpha value is -4.45. The SMILES string of the molecule is CC(C1CCN(CC2CCN(c3ccc(Cn4ccc(=O)[nH]c4=O)cc3)CC2)CC1)N1CCC(Nc2ncc(Cl)c(-c3c[nH]c4ccccc34)n2)C1. The Morgan fingerprint density at radius 2 is 1.73 bits per heavy atom. The van der Waals surface area contributed by atoms with Gasteiger partial charge in [0.05, 0.1) is 23.5 Å². The van der Waals surface area contributed by atoms with Crippen LogP contribution in [0.5, 0.6) is 0 Å². The molecule has 11 nitrogen and oxygen atoms in total. The van der Waals surface area contributed by atoms with Crippen molar-refractivity contribution in [3.8, 4) is 11.3 Å². The van der Waals surface area contributed by atoms with Gasteiger partial charge in [0.25, 0.3) is 5.56 Å². The molecule has 0 saturated carbocycles. The van der Waals surface area contributed by atoms with E-state index in [4.69, 9.17) is 16.6 Å². The maximum Gasteiger partial charge on any atom is 0.328 e. The summed E-state index contributed by atoms with van der Waals surface area (Å²) < 4.78 is 1.52. The number of hydrogen-bond donors (Lipinski definition) is 3. The summed E-state index contributed by atoms with van der Waals surface area (Å²) in [4.78, 5) is 46.3. The average Bonchev–Trinajstić information content (AvgIpc) is 3.82. The minimum Gasteiger partial charge on any atom is -0.372 e. The number of nitrogens with zero attached hydrogens (tertiary/aromatic N) is 6. The molecule has 2 unspecified atom stereocenters. The molecule has 5 aromatic rings. The van der Waals surface area contributed by atoms with Crippen molar-refractivity contribution in [2.24, 2.45) is 11.8 Å². The molecule has 0 spiro atoms. The van der Waals surface area contributed by atoms with Crippen LogP contribution in [0.1, 0.15) is 44.6 Å². The molecule has 2 aromatic carbocycles. The normalized spacial score (nSPS) is 20.1. The number of para-hydroxylation sites is 1. The van der Waals surface area contributed by atoms with Crippen molar-refractivity contribution in [3.63, 3.8) is 0 Å². The van der Waals surface area contributed by atoms with Gasteiger partial charge in [-0.15, -0.1) is 0 Å². The molecule has 0 bridgehead atoms. The number of aromatic amines is 2. The monoisotopic (exact) mass is 721 g/mol. The van der Waals surface area contributed by atoms with E-state index < -0.39 is 0 Å². The second-order valence-electron chi connectivity index (χ2n) is 15.0. The Kier molecular flexibility index (Phi) is 10.2. The summed E-state index contributed by atoms with van der Waals surface area (Å²) in [6.07, 6.45) is 11.3. The third-order valence-corrected chi connectivity index (χ3v) is 12.0. The molecule has 12 heteroatoms. The Bertz CT molecular complexity index is 2090. The lowest BCUT2D eigenvalue weighted by Crippen LogP contribution is -2.46. The molecule has 0 radical (unpaired) electrons. The number of fused-ring (bicyclic) bond motifs is 1. The van der Waals surface area contributed by atoms with E-state index >= 15 is 0 Å². The van der Waals surface area contributed by atoms with Crippen LogP contribution in [0, 0.1) is 11.8 Å². The molecule has 52 heavy (non-hydrogen) atoms. The van der Waals surface area contributed by atoms with Crippen molar-refractivity contribution in [2.75, 3.05) is 56.0 Å². The van der Waals surface area contributed by atoms with E-state index in [1.807, 2.05) is 18.3 Å². The number of anilines is 2. The highest BCUT2D eigenvalue weighted by atomic mass is 35.5. The van der Waals surface area contributed by atoms with Gasteiger partial charge >= 0.3 is 5.69 Å². The maximum absolute atomic E-state index is 12.0. The molecule has 3 N–H and O–H groups in total. The van der Waals surface area contributed by atoms with Crippen LogP contribution in [0.15, 0.2) is 82.8 Å². The molecule has 3 saturated heterocycles. The summed E-state index contributed by atoms with van der Waals surface area (Å²) in [6.45, 7) is 10.7. The zero-order chi connectivity index (χ0) is 35.6. The van der Waals surface area contributed by atoms with Crippen LogP contribution in [0.25, 0.3) is 22.2 Å². The number of halogens is 1. The van der Waals surface area contributed by atoms with Gasteiger partial charge in [0.15, 0.2) is 0 Å². The van der Waals surface area contributed by atoms with E-state index in [-0.39, 0.29) is 11.2 Å². The molecule has 272 valence electrons. The van der Waals surface area contributed by atoms with E-state index in [1.54, 1.807) is 12.4 Å². The van der Waals surface area contributed by atoms with Gasteiger partial charge in [-0.1, -0.05) is 41.9 Å². The van der Waals surface area contributed by atoms with Crippen LogP contribution in [-0.4, -0.2) is 92.2 Å². The standard InChI is InChI=1S/C40H48ClN9O2/c1-27(49-20-14-31(26-49)44-39-43-23-35(41)38(46-39)34-22-42-36-5-3-2-4-33(34)36)30-12-16-47(17-13-30)24-29-10-18-48(19-11-29)32-8-6-28(7-9-32)25-50-21-15-37(51)45-40(50)52/h2-9,15,21-23,27,29-31,42H,10-14,16-20,24-26H2,1H3,(H,43,44,46)(H,45,51,52). The van der Waals surface area contributed by atoms with E-state index in [2.05, 4.69) is 78.3 Å². The van der Waals surface area contributed by atoms with Gasteiger partial charge < -0.3 is 20.1 Å². The predicted molar refractivity (Wildman–Crippen MR) is 208 cm³/mol. The molecular formula is C40H48ClN9O2. The summed E-state index contributed by atoms with van der Waals surface area (Å²) in [5.41, 5.74) is 4.34. The number of nitrogens with one attached hydrogen (secondary N) is 3. The van der Waals surface area contributed by atoms with Crippen molar-refractivity contribution in [2.45, 2.75) is 57.7 Å². The molecule has 2 atom stereocenters. The largest absolute Gasteiger partial charge is 0.372 e. The van der Waals surface area contributed by atoms with Gasteiger partial charge in [0.2, 0.25) is 5.95 Å². The van der Waals surface area contributed by atoms with Crippen LogP contribution in [-0.2, 0) is 6.54 Å². The molecule has 3 fully saturated rings. The predicted octanol–water partition coefficient (Wildman–Crippen LogP) is 5.68. The second-order valence-corrected chi connectivity index (χ2v) is 15.4. The zero-order valence-electron chi connectivity index (χ0n) is 29.8. The minimum absolute atomic E-state index is 0.316. The lowest BCUT2D eigenvalue weighted by Gasteiger charge is -2.41. The average molecular weight is 722 g/mol. The summed E-state index contributed by atoms with van der Waals surface area (Å²) in [5, 5.41) is 5.28. The third-order valence-electron chi connectivity index (χ3n) is 11.7. The fourth-order valence-electron chi connectivity index (χ4n) is 8.58. The number of H-pyrrole nitrogens is 2. The first-order valence-corrected chi connectivity index (χ1v) is 19.2. The lowest BCUT2D eigenvalue weighted by molar-refractivity contribution is 0.0982. The fraction of sp³-hybridized carbons (Fsp3) is 0.450. The summed E-state index contributed by atoms with van der Waals surface area (Å²) in [5.74, 6) is 2.11. The molecule has 3 aliphatic heterocycles. The van der Waals surface area contributed by atoms with Crippen LogP contribution in [0.3, 0.4) is 0 Å². The van der Waals surface area contributed by atoms with Crippen molar-refractivity contribution in [1.29, 1.82) is 0 Å². The molecule has 0 amide bonds. The molecule has 8 rings (SSSR count). The van der Waals surface area contributed by atoms with Crippen molar-refractivity contribution in [3.05, 3.63) is 105 Å². The van der Waals surface area contributed by atoms with Crippen molar-refractivity contribution >= 4 is 34.1 Å². The summed E-state index contributed by atoms with van der Waals surface area (Å²) >= 11 is 6.58. The highest BCUT2D eigenvalue weighted by Gasteiger charge is 2.33. The smallest absolute Gasteiger partial charge is 0.328 e. The Morgan fingerprint density at radius 1 is 0.942 bits per heavy atom. The number of aromatic nitrogens is 5. The van der Waals surface area contributed by atoms with Crippen LogP contribution in [0.2, 0.25) is 5.02 Å². The zero-order valence-corrected chi connectivity index (χ0v) is 30.6. The maximum atomic E-state index is 12.0. The van der Waals surface area contributed by atoms with E-state index in [0.717, 1.165) is 72.2 Å². The highest BCUT2D eigenvalue weighted by molar-refractivity contribution is 6.33. The highest BCUT2D eigenvalue weighted by Crippen LogP contribution is 2.33. The fourth-order valence-corrected chi connectivity index (χ4v) is 8.78. The van der Waals surface area contributed by atoms with Crippen LogP contribution < -0.4 is 21.5 Å². The van der Waals surface area contributed by atoms with Crippen LogP contribution >= 0.6 is 11.6 Å². The first kappa shape index (κ1) is 34.6. The van der Waals surface area contributed by atoms with Gasteiger partial charge in [-0.3, -0.25) is 19.2 Å². The molecule has 0 aliphatic carbocycles. The Morgan fingerprint density at radius 3 is 2.52 bits per heavy atom. The molecule has 6 heterocycles. The topological polar surface area (TPSA) is 118 Å². The number of likely N-dealkylation sites (tertiary alicyclic amines) is 2. The number of hydrogen-bond acceptors (Lipinski definition) is 8. The van der Waals surface area contributed by atoms with Gasteiger partial charge in [0, 0.05) is 85.4 Å². The van der Waals surface area contributed by atoms with Gasteiger partial charge in [0.1, 0.15) is 0 Å². The quantitative estimate of drug-likeness (QED) is 0.169. The minimum atomic E-state index is -0.381. The van der Waals surface area contributed by atoms with Gasteiger partial charge in [-0.25, -0.2) is 14.8 Å². The van der Waals surface area contributed by atoms with E-state index in [9.17, 15) is 9.59 Å². The molecular weight excluding hydrogens is 674 g/mol.